The Morgan fingerprint density at radius 1 is 0.818 bits per heavy atom. The summed E-state index contributed by atoms with van der Waals surface area (Å²) in [5, 5.41) is 8.64. The van der Waals surface area contributed by atoms with Crippen LogP contribution in [0.4, 0.5) is 10.7 Å². The van der Waals surface area contributed by atoms with E-state index in [9.17, 15) is 19.2 Å². The number of thioether (sulfide) groups is 1. The van der Waals surface area contributed by atoms with E-state index < -0.39 is 23.0 Å². The van der Waals surface area contributed by atoms with E-state index in [1.54, 1.807) is 86.8 Å². The summed E-state index contributed by atoms with van der Waals surface area (Å²) in [4.78, 5) is 56.5. The molecule has 0 saturated carbocycles. The van der Waals surface area contributed by atoms with E-state index in [0.29, 0.717) is 33.1 Å². The topological polar surface area (TPSA) is 123 Å². The van der Waals surface area contributed by atoms with Crippen molar-refractivity contribution in [3.05, 3.63) is 148 Å². The number of hydrogen-bond acceptors (Lipinski definition) is 8. The van der Waals surface area contributed by atoms with Crippen LogP contribution in [0.1, 0.15) is 80.1 Å². The first kappa shape index (κ1) is 39.1. The van der Waals surface area contributed by atoms with Crippen LogP contribution >= 0.6 is 23.1 Å². The fourth-order valence-electron chi connectivity index (χ4n) is 6.33. The van der Waals surface area contributed by atoms with Crippen LogP contribution in [0, 0.1) is 0 Å². The predicted molar refractivity (Wildman–Crippen MR) is 220 cm³/mol. The second-order valence-electron chi connectivity index (χ2n) is 12.9. The molecule has 1 aliphatic rings. The SMILES string of the molecule is CCOC(=O)c1c(NC(=O)C(Sc2cccc(NC(=O)/C(=C/c3cccc(OC)c3)NC(=O)c3ccccc3)c2)c2ccccc2)sc2c1CCCCCC2. The van der Waals surface area contributed by atoms with Gasteiger partial charge in [0.05, 0.1) is 19.3 Å². The maximum atomic E-state index is 14.3. The van der Waals surface area contributed by atoms with Crippen LogP contribution in [0.3, 0.4) is 0 Å². The summed E-state index contributed by atoms with van der Waals surface area (Å²) in [6, 6.07) is 32.5. The first-order valence-electron chi connectivity index (χ1n) is 18.3. The number of nitrogens with one attached hydrogen (secondary N) is 3. The number of fused-ring (bicyclic) bond motifs is 1. The summed E-state index contributed by atoms with van der Waals surface area (Å²) in [7, 11) is 1.56. The van der Waals surface area contributed by atoms with Crippen molar-refractivity contribution in [2.24, 2.45) is 0 Å². The van der Waals surface area contributed by atoms with Gasteiger partial charge in [0, 0.05) is 21.0 Å². The quantitative estimate of drug-likeness (QED) is 0.0619. The van der Waals surface area contributed by atoms with Crippen molar-refractivity contribution in [1.29, 1.82) is 0 Å². The van der Waals surface area contributed by atoms with Crippen LogP contribution in [-0.2, 0) is 27.2 Å². The van der Waals surface area contributed by atoms with Gasteiger partial charge >= 0.3 is 5.97 Å². The Bertz CT molecular complexity index is 2170. The van der Waals surface area contributed by atoms with Gasteiger partial charge in [-0.2, -0.15) is 0 Å². The monoisotopic (exact) mass is 773 g/mol. The van der Waals surface area contributed by atoms with Crippen LogP contribution in [0.15, 0.2) is 120 Å². The van der Waals surface area contributed by atoms with E-state index in [4.69, 9.17) is 9.47 Å². The fourth-order valence-corrected chi connectivity index (χ4v) is 8.69. The Balaban J connectivity index is 1.26. The van der Waals surface area contributed by atoms with Crippen molar-refractivity contribution in [3.63, 3.8) is 0 Å². The molecule has 6 rings (SSSR count). The first-order valence-corrected chi connectivity index (χ1v) is 20.0. The van der Waals surface area contributed by atoms with Gasteiger partial charge in [0.1, 0.15) is 21.7 Å². The number of anilines is 2. The standard InChI is InChI=1S/C44H43N3O6S2/c1-3-53-44(51)38-35-24-12-4-5-13-25-37(35)55-43(38)47-42(50)39(30-17-8-6-9-18-30)54-34-23-15-21-32(28-34)45-41(49)36(27-29-16-14-22-33(26-29)52-2)46-40(48)31-19-10-7-11-20-31/h6-11,14-23,26-28,39H,3-5,12-13,24-25H2,1-2H3,(H,45,49)(H,46,48)(H,47,50)/b36-27-. The lowest BCUT2D eigenvalue weighted by molar-refractivity contribution is -0.116. The molecule has 3 amide bonds. The Morgan fingerprint density at radius 2 is 1.55 bits per heavy atom. The lowest BCUT2D eigenvalue weighted by atomic mass is 9.96. The molecule has 3 N–H and O–H groups in total. The van der Waals surface area contributed by atoms with E-state index in [-0.39, 0.29) is 18.2 Å². The number of rotatable bonds is 13. The van der Waals surface area contributed by atoms with Gasteiger partial charge in [-0.15, -0.1) is 23.1 Å². The normalized spacial score (nSPS) is 13.3. The van der Waals surface area contributed by atoms with Crippen molar-refractivity contribution in [3.8, 4) is 5.75 Å². The zero-order valence-electron chi connectivity index (χ0n) is 30.8. The van der Waals surface area contributed by atoms with Crippen LogP contribution in [0.5, 0.6) is 5.75 Å². The number of hydrogen-bond donors (Lipinski definition) is 3. The molecule has 4 aromatic carbocycles. The first-order chi connectivity index (χ1) is 26.8. The third-order valence-corrected chi connectivity index (χ3v) is 11.5. The van der Waals surface area contributed by atoms with Crippen molar-refractivity contribution in [1.82, 2.24) is 5.32 Å². The van der Waals surface area contributed by atoms with Gasteiger partial charge in [-0.1, -0.05) is 79.6 Å². The molecule has 1 aliphatic carbocycles. The van der Waals surface area contributed by atoms with E-state index in [2.05, 4.69) is 16.0 Å². The summed E-state index contributed by atoms with van der Waals surface area (Å²) in [6.07, 6.45) is 7.49. The smallest absolute Gasteiger partial charge is 0.341 e. The molecule has 9 nitrogen and oxygen atoms in total. The number of esters is 1. The number of carbonyl (C=O) groups excluding carboxylic acids is 4. The van der Waals surface area contributed by atoms with Crippen molar-refractivity contribution >= 4 is 63.6 Å². The average Bonchev–Trinajstić information content (AvgIpc) is 3.52. The number of aryl methyl sites for hydroxylation is 1. The molecule has 0 bridgehead atoms. The highest BCUT2D eigenvalue weighted by Crippen LogP contribution is 2.41. The van der Waals surface area contributed by atoms with Crippen LogP contribution < -0.4 is 20.7 Å². The Morgan fingerprint density at radius 3 is 2.29 bits per heavy atom. The highest BCUT2D eigenvalue weighted by atomic mass is 32.2. The van der Waals surface area contributed by atoms with Gasteiger partial charge in [0.15, 0.2) is 0 Å². The third kappa shape index (κ3) is 10.3. The lowest BCUT2D eigenvalue weighted by Gasteiger charge is -2.18. The molecule has 11 heteroatoms. The average molecular weight is 774 g/mol. The summed E-state index contributed by atoms with van der Waals surface area (Å²) in [6.45, 7) is 2.02. The molecule has 0 fully saturated rings. The minimum Gasteiger partial charge on any atom is -0.497 e. The molecule has 0 aliphatic heterocycles. The second kappa shape index (κ2) is 19.1. The minimum atomic E-state index is -0.694. The minimum absolute atomic E-state index is 0.0316. The molecular formula is C44H43N3O6S2. The maximum Gasteiger partial charge on any atom is 0.341 e. The number of amides is 3. The van der Waals surface area contributed by atoms with Gasteiger partial charge in [0.25, 0.3) is 11.8 Å². The fraction of sp³-hybridized carbons (Fsp3) is 0.227. The number of ether oxygens (including phenoxy) is 2. The molecule has 1 aromatic heterocycles. The summed E-state index contributed by atoms with van der Waals surface area (Å²) in [5.41, 5.74) is 3.79. The van der Waals surface area contributed by atoms with Gasteiger partial charge in [0.2, 0.25) is 5.91 Å². The Labute approximate surface area is 329 Å². The molecule has 0 radical (unpaired) electrons. The van der Waals surface area contributed by atoms with Gasteiger partial charge in [-0.05, 0) is 97.8 Å². The summed E-state index contributed by atoms with van der Waals surface area (Å²) < 4.78 is 10.8. The maximum absolute atomic E-state index is 14.3. The third-order valence-electron chi connectivity index (χ3n) is 9.01. The highest BCUT2D eigenvalue weighted by Gasteiger charge is 2.29. The van der Waals surface area contributed by atoms with E-state index >= 15 is 0 Å². The number of benzene rings is 4. The van der Waals surface area contributed by atoms with Crippen LogP contribution in [0.2, 0.25) is 0 Å². The molecular weight excluding hydrogens is 731 g/mol. The highest BCUT2D eigenvalue weighted by molar-refractivity contribution is 8.00. The predicted octanol–water partition coefficient (Wildman–Crippen LogP) is 9.47. The van der Waals surface area contributed by atoms with Crippen molar-refractivity contribution in [2.45, 2.75) is 55.6 Å². The van der Waals surface area contributed by atoms with Gasteiger partial charge < -0.3 is 25.4 Å². The molecule has 1 atom stereocenters. The molecule has 282 valence electrons. The van der Waals surface area contributed by atoms with E-state index in [1.165, 1.54) is 23.1 Å². The molecule has 55 heavy (non-hydrogen) atoms. The molecule has 1 heterocycles. The van der Waals surface area contributed by atoms with Crippen LogP contribution in [-0.4, -0.2) is 37.4 Å². The van der Waals surface area contributed by atoms with E-state index in [0.717, 1.165) is 59.4 Å². The van der Waals surface area contributed by atoms with Crippen LogP contribution in [0.25, 0.3) is 6.08 Å². The largest absolute Gasteiger partial charge is 0.497 e. The number of carbonyl (C=O) groups is 4. The molecule has 0 spiro atoms. The zero-order valence-corrected chi connectivity index (χ0v) is 32.4. The molecule has 5 aromatic rings. The number of thiophene rings is 1. The Kier molecular flexibility index (Phi) is 13.6. The zero-order chi connectivity index (χ0) is 38.6. The summed E-state index contributed by atoms with van der Waals surface area (Å²) in [5.74, 6) is -1.06. The van der Waals surface area contributed by atoms with E-state index in [1.807, 2.05) is 42.5 Å². The van der Waals surface area contributed by atoms with Gasteiger partial charge in [-0.3, -0.25) is 14.4 Å². The van der Waals surface area contributed by atoms with Crippen molar-refractivity contribution in [2.75, 3.05) is 24.4 Å². The lowest BCUT2D eigenvalue weighted by Crippen LogP contribution is -2.30. The second-order valence-corrected chi connectivity index (χ2v) is 15.2. The van der Waals surface area contributed by atoms with Gasteiger partial charge in [-0.25, -0.2) is 4.79 Å². The summed E-state index contributed by atoms with van der Waals surface area (Å²) >= 11 is 2.80. The Hall–Kier alpha value is -5.65. The number of methoxy groups -OCH3 is 1. The van der Waals surface area contributed by atoms with Crippen molar-refractivity contribution < 1.29 is 28.7 Å². The molecule has 0 saturated heterocycles. The molecule has 1 unspecified atom stereocenters.